The molecule has 0 fully saturated rings. The molecule has 0 aliphatic heterocycles. The number of ether oxygens (including phenoxy) is 1. The van der Waals surface area contributed by atoms with Crippen LogP contribution in [0.3, 0.4) is 0 Å². The summed E-state index contributed by atoms with van der Waals surface area (Å²) in [5, 5.41) is 38.3. The number of nitrogens with one attached hydrogen (secondary N) is 3. The number of nitrogens with two attached hydrogens (primary N) is 1. The number of pyridine rings is 2. The average molecular weight is 815 g/mol. The maximum Gasteiger partial charge on any atom is 0.408 e. The summed E-state index contributed by atoms with van der Waals surface area (Å²) in [6, 6.07) is 19.8. The molecule has 2 aromatic heterocycles. The molecule has 0 saturated carbocycles. The van der Waals surface area contributed by atoms with Crippen molar-refractivity contribution < 1.29 is 49.3 Å². The summed E-state index contributed by atoms with van der Waals surface area (Å²) >= 11 is 0. The Balaban J connectivity index is 0.000000324. The molecule has 0 aliphatic carbocycles. The molecule has 4 aromatic rings. The zero-order valence-electron chi connectivity index (χ0n) is 33.5. The van der Waals surface area contributed by atoms with E-state index in [9.17, 15) is 34.2 Å². The van der Waals surface area contributed by atoms with Crippen molar-refractivity contribution in [3.8, 4) is 11.5 Å². The van der Waals surface area contributed by atoms with Crippen molar-refractivity contribution in [1.29, 1.82) is 0 Å². The molecule has 16 nitrogen and oxygen atoms in total. The molecule has 0 bridgehead atoms. The topological polar surface area (TPSA) is 263 Å². The SMILES string of the molecule is CC(C)(C)OC(=O)NC(Cc1ccc(O)cn1)C(=O)Cc1ccc(CCCC(=O)NO)cc1.NC(Cc1ccc(O)cn1)C(=O)Cc1ccc(CCCC(=O)NO)cc1. The van der Waals surface area contributed by atoms with Crippen molar-refractivity contribution in [1.82, 2.24) is 26.2 Å². The van der Waals surface area contributed by atoms with E-state index in [1.165, 1.54) is 24.5 Å². The molecule has 0 spiro atoms. The van der Waals surface area contributed by atoms with Gasteiger partial charge in [0.2, 0.25) is 11.8 Å². The number of aryl methyl sites for hydroxylation is 2. The van der Waals surface area contributed by atoms with Crippen LogP contribution in [-0.4, -0.2) is 77.8 Å². The molecule has 9 N–H and O–H groups in total. The van der Waals surface area contributed by atoms with Crippen molar-refractivity contribution >= 4 is 29.5 Å². The second kappa shape index (κ2) is 23.9. The van der Waals surface area contributed by atoms with Gasteiger partial charge in [-0.05, 0) is 93.0 Å². The number of aromatic nitrogens is 2. The van der Waals surface area contributed by atoms with Crippen LogP contribution in [0.2, 0.25) is 0 Å². The third-order valence-corrected chi connectivity index (χ3v) is 8.74. The summed E-state index contributed by atoms with van der Waals surface area (Å²) in [7, 11) is 0. The Kier molecular flexibility index (Phi) is 19.1. The standard InChI is InChI=1S/C24H31N3O6.C19H23N3O4/c1-24(2,3)33-23(31)26-20(14-18-11-12-19(28)15-25-18)21(29)13-17-9-7-16(8-10-17)5-4-6-22(30)27-32;20-17(11-15-8-9-16(23)12-21-15)18(24)10-14-6-4-13(5-7-14)2-1-3-19(25)22-26/h7-12,15,20,28,32H,4-6,13-14H2,1-3H3,(H,26,31)(H,27,30);4-9,12,17,23,26H,1-3,10-11,20H2,(H,22,25). The van der Waals surface area contributed by atoms with Gasteiger partial charge in [0.25, 0.3) is 0 Å². The molecule has 0 saturated heterocycles. The van der Waals surface area contributed by atoms with Crippen molar-refractivity contribution in [2.45, 2.75) is 103 Å². The van der Waals surface area contributed by atoms with Gasteiger partial charge in [0.1, 0.15) is 17.1 Å². The minimum Gasteiger partial charge on any atom is -0.506 e. The first-order valence-electron chi connectivity index (χ1n) is 19.1. The summed E-state index contributed by atoms with van der Waals surface area (Å²) in [4.78, 5) is 67.8. The number of hydrogen-bond donors (Lipinski definition) is 8. The highest BCUT2D eigenvalue weighted by atomic mass is 16.6. The Bertz CT molecular complexity index is 1950. The number of rotatable bonds is 19. The number of benzene rings is 2. The molecule has 4 rings (SSSR count). The van der Waals surface area contributed by atoms with E-state index in [0.29, 0.717) is 43.5 Å². The first kappa shape index (κ1) is 47.1. The minimum atomic E-state index is -0.853. The van der Waals surface area contributed by atoms with Gasteiger partial charge in [0, 0.05) is 49.9 Å². The van der Waals surface area contributed by atoms with Gasteiger partial charge in [0.05, 0.1) is 24.5 Å². The van der Waals surface area contributed by atoms with E-state index >= 15 is 0 Å². The van der Waals surface area contributed by atoms with Crippen LogP contribution in [0.1, 0.15) is 80.1 Å². The lowest BCUT2D eigenvalue weighted by atomic mass is 9.98. The molecular weight excluding hydrogens is 761 g/mol. The zero-order valence-corrected chi connectivity index (χ0v) is 33.5. The van der Waals surface area contributed by atoms with Gasteiger partial charge in [-0.3, -0.25) is 39.6 Å². The predicted molar refractivity (Wildman–Crippen MR) is 216 cm³/mol. The number of aromatic hydroxyl groups is 2. The highest BCUT2D eigenvalue weighted by Crippen LogP contribution is 2.15. The van der Waals surface area contributed by atoms with E-state index in [4.69, 9.17) is 20.9 Å². The van der Waals surface area contributed by atoms with Crippen LogP contribution in [0.25, 0.3) is 0 Å². The van der Waals surface area contributed by atoms with Gasteiger partial charge >= 0.3 is 6.09 Å². The van der Waals surface area contributed by atoms with Gasteiger partial charge in [0.15, 0.2) is 11.6 Å². The van der Waals surface area contributed by atoms with Crippen LogP contribution in [-0.2, 0) is 62.4 Å². The first-order valence-corrected chi connectivity index (χ1v) is 19.1. The number of nitrogens with zero attached hydrogens (tertiary/aromatic N) is 2. The second-order valence-electron chi connectivity index (χ2n) is 14.9. The third-order valence-electron chi connectivity index (χ3n) is 8.74. The monoisotopic (exact) mass is 814 g/mol. The highest BCUT2D eigenvalue weighted by Gasteiger charge is 2.25. The summed E-state index contributed by atoms with van der Waals surface area (Å²) in [6.07, 6.45) is 5.83. The number of carbonyl (C=O) groups excluding carboxylic acids is 5. The van der Waals surface area contributed by atoms with E-state index in [0.717, 1.165) is 22.3 Å². The molecule has 2 aromatic carbocycles. The maximum absolute atomic E-state index is 13.0. The molecule has 0 radical (unpaired) electrons. The minimum absolute atomic E-state index is 0.0128. The van der Waals surface area contributed by atoms with Crippen molar-refractivity contribution in [2.75, 3.05) is 0 Å². The molecule has 2 heterocycles. The Morgan fingerprint density at radius 2 is 1.07 bits per heavy atom. The lowest BCUT2D eigenvalue weighted by Crippen LogP contribution is -2.45. The van der Waals surface area contributed by atoms with E-state index in [2.05, 4.69) is 15.3 Å². The Labute approximate surface area is 343 Å². The van der Waals surface area contributed by atoms with Crippen molar-refractivity contribution in [3.05, 3.63) is 119 Å². The van der Waals surface area contributed by atoms with Crippen LogP contribution in [0.4, 0.5) is 4.79 Å². The number of alkyl carbamates (subject to hydrolysis) is 1. The van der Waals surface area contributed by atoms with Crippen LogP contribution in [0.15, 0.2) is 85.2 Å². The lowest BCUT2D eigenvalue weighted by Gasteiger charge is -2.23. The fraction of sp³-hybridized carbons (Fsp3) is 0.372. The normalized spacial score (nSPS) is 11.9. The number of hydrogen-bond acceptors (Lipinski definition) is 13. The molecular formula is C43H54N6O10. The summed E-state index contributed by atoms with van der Waals surface area (Å²) in [5.74, 6) is -1.02. The van der Waals surface area contributed by atoms with Crippen LogP contribution < -0.4 is 22.0 Å². The van der Waals surface area contributed by atoms with Gasteiger partial charge in [-0.25, -0.2) is 15.8 Å². The van der Waals surface area contributed by atoms with E-state index in [1.54, 1.807) is 43.9 Å². The van der Waals surface area contributed by atoms with Crippen LogP contribution >= 0.6 is 0 Å². The molecule has 2 unspecified atom stereocenters. The van der Waals surface area contributed by atoms with Gasteiger partial charge in [-0.2, -0.15) is 0 Å². The van der Waals surface area contributed by atoms with Crippen molar-refractivity contribution in [2.24, 2.45) is 5.73 Å². The van der Waals surface area contributed by atoms with Gasteiger partial charge in [-0.15, -0.1) is 0 Å². The van der Waals surface area contributed by atoms with E-state index < -0.39 is 35.6 Å². The fourth-order valence-electron chi connectivity index (χ4n) is 5.64. The largest absolute Gasteiger partial charge is 0.506 e. The third kappa shape index (κ3) is 18.7. The Morgan fingerprint density at radius 1 is 0.644 bits per heavy atom. The van der Waals surface area contributed by atoms with Gasteiger partial charge in [-0.1, -0.05) is 48.5 Å². The zero-order chi connectivity index (χ0) is 43.4. The quantitative estimate of drug-likeness (QED) is 0.0489. The molecule has 316 valence electrons. The van der Waals surface area contributed by atoms with Crippen LogP contribution in [0, 0.1) is 0 Å². The lowest BCUT2D eigenvalue weighted by molar-refractivity contribution is -0.129. The maximum atomic E-state index is 13.0. The fourth-order valence-corrected chi connectivity index (χ4v) is 5.64. The molecule has 3 amide bonds. The number of carbonyl (C=O) groups is 5. The second-order valence-corrected chi connectivity index (χ2v) is 14.9. The number of hydroxylamine groups is 2. The highest BCUT2D eigenvalue weighted by molar-refractivity contribution is 5.89. The van der Waals surface area contributed by atoms with Crippen molar-refractivity contribution in [3.63, 3.8) is 0 Å². The predicted octanol–water partition coefficient (Wildman–Crippen LogP) is 4.16. The van der Waals surface area contributed by atoms with Gasteiger partial charge < -0.3 is 26.0 Å². The number of amides is 3. The van der Waals surface area contributed by atoms with Crippen LogP contribution in [0.5, 0.6) is 11.5 Å². The smallest absolute Gasteiger partial charge is 0.408 e. The van der Waals surface area contributed by atoms with E-state index in [-0.39, 0.29) is 55.2 Å². The summed E-state index contributed by atoms with van der Waals surface area (Å²) in [6.45, 7) is 5.22. The summed E-state index contributed by atoms with van der Waals surface area (Å²) in [5.41, 5.74) is 13.4. The average Bonchev–Trinajstić information content (AvgIpc) is 3.20. The first-order chi connectivity index (χ1) is 28.0. The Hall–Kier alpha value is -6.23. The molecule has 59 heavy (non-hydrogen) atoms. The molecule has 0 aliphatic rings. The number of Topliss-reactive ketones (excluding diaryl/α,β-unsaturated/α-hetero) is 2. The van der Waals surface area contributed by atoms with E-state index in [1.807, 2.05) is 48.5 Å². The number of ketones is 2. The molecule has 16 heteroatoms. The summed E-state index contributed by atoms with van der Waals surface area (Å²) < 4.78 is 5.30. The molecule has 2 atom stereocenters. The Morgan fingerprint density at radius 3 is 1.47 bits per heavy atom.